The van der Waals surface area contributed by atoms with Crippen LogP contribution < -0.4 is 5.59 Å². The lowest BCUT2D eigenvalue weighted by Gasteiger charge is -2.32. The van der Waals surface area contributed by atoms with Crippen molar-refractivity contribution in [3.05, 3.63) is 24.0 Å². The monoisotopic (exact) mass is 262 g/mol. The van der Waals surface area contributed by atoms with Gasteiger partial charge in [0.25, 0.3) is 0 Å². The molecule has 0 bridgehead atoms. The SMILES string of the molecule is CC1(C)OB(c2[nH]nc3cc(F)ccc23)OC1(C)C. The molecule has 1 saturated heterocycles. The van der Waals surface area contributed by atoms with E-state index in [2.05, 4.69) is 10.2 Å². The lowest BCUT2D eigenvalue weighted by molar-refractivity contribution is 0.00578. The van der Waals surface area contributed by atoms with Gasteiger partial charge in [0.15, 0.2) is 0 Å². The van der Waals surface area contributed by atoms with E-state index in [9.17, 15) is 4.39 Å². The Hall–Kier alpha value is -1.40. The fraction of sp³-hybridized carbons (Fsp3) is 0.462. The Morgan fingerprint density at radius 2 is 1.79 bits per heavy atom. The van der Waals surface area contributed by atoms with Gasteiger partial charge in [-0.15, -0.1) is 0 Å². The van der Waals surface area contributed by atoms with Crippen LogP contribution in [0, 0.1) is 5.82 Å². The minimum Gasteiger partial charge on any atom is -0.398 e. The van der Waals surface area contributed by atoms with E-state index in [4.69, 9.17) is 9.31 Å². The van der Waals surface area contributed by atoms with Crippen LogP contribution in [0.25, 0.3) is 10.9 Å². The highest BCUT2D eigenvalue weighted by atomic mass is 19.1. The third-order valence-corrected chi connectivity index (χ3v) is 4.04. The lowest BCUT2D eigenvalue weighted by Crippen LogP contribution is -2.41. The van der Waals surface area contributed by atoms with Gasteiger partial charge < -0.3 is 9.31 Å². The summed E-state index contributed by atoms with van der Waals surface area (Å²) in [5.41, 5.74) is 0.489. The number of benzene rings is 1. The Morgan fingerprint density at radius 1 is 1.16 bits per heavy atom. The van der Waals surface area contributed by atoms with Crippen LogP contribution in [0.2, 0.25) is 0 Å². The molecule has 4 nitrogen and oxygen atoms in total. The molecule has 6 heteroatoms. The van der Waals surface area contributed by atoms with E-state index >= 15 is 0 Å². The Morgan fingerprint density at radius 3 is 2.42 bits per heavy atom. The fourth-order valence-corrected chi connectivity index (χ4v) is 2.15. The summed E-state index contributed by atoms with van der Waals surface area (Å²) in [6.07, 6.45) is 0. The van der Waals surface area contributed by atoms with Crippen molar-refractivity contribution in [2.24, 2.45) is 0 Å². The predicted octanol–water partition coefficient (Wildman–Crippen LogP) is 2.00. The summed E-state index contributed by atoms with van der Waals surface area (Å²) in [6, 6.07) is 4.49. The van der Waals surface area contributed by atoms with Crippen LogP contribution in [0.3, 0.4) is 0 Å². The van der Waals surface area contributed by atoms with Crippen molar-refractivity contribution in [3.63, 3.8) is 0 Å². The molecule has 0 saturated carbocycles. The number of aromatic amines is 1. The van der Waals surface area contributed by atoms with E-state index in [-0.39, 0.29) is 5.82 Å². The first-order valence-electron chi connectivity index (χ1n) is 6.29. The molecule has 1 aromatic carbocycles. The molecular weight excluding hydrogens is 246 g/mol. The third-order valence-electron chi connectivity index (χ3n) is 4.04. The Kier molecular flexibility index (Phi) is 2.53. The summed E-state index contributed by atoms with van der Waals surface area (Å²) < 4.78 is 25.1. The molecular formula is C13H16BFN2O2. The zero-order valence-electron chi connectivity index (χ0n) is 11.5. The summed E-state index contributed by atoms with van der Waals surface area (Å²) in [6.45, 7) is 7.97. The normalized spacial score (nSPS) is 21.2. The standard InChI is InChI=1S/C13H16BFN2O2/c1-12(2)13(3,4)19-14(18-12)11-9-6-5-8(15)7-10(9)16-17-11/h5-7H,1-4H3,(H,16,17). The summed E-state index contributed by atoms with van der Waals surface area (Å²) >= 11 is 0. The molecule has 1 aliphatic heterocycles. The van der Waals surface area contributed by atoms with Gasteiger partial charge in [0.05, 0.1) is 22.3 Å². The van der Waals surface area contributed by atoms with Crippen LogP contribution in [-0.4, -0.2) is 28.5 Å². The summed E-state index contributed by atoms with van der Waals surface area (Å²) in [5, 5.41) is 7.81. The van der Waals surface area contributed by atoms with Crippen LogP contribution in [0.15, 0.2) is 18.2 Å². The van der Waals surface area contributed by atoms with Crippen molar-refractivity contribution in [3.8, 4) is 0 Å². The van der Waals surface area contributed by atoms with Crippen molar-refractivity contribution in [1.82, 2.24) is 10.2 Å². The second kappa shape index (κ2) is 3.80. The average Bonchev–Trinajstić information content (AvgIpc) is 2.77. The molecule has 0 spiro atoms. The van der Waals surface area contributed by atoms with Crippen molar-refractivity contribution < 1.29 is 13.7 Å². The molecule has 2 heterocycles. The van der Waals surface area contributed by atoms with Gasteiger partial charge in [-0.1, -0.05) is 0 Å². The maximum absolute atomic E-state index is 13.2. The molecule has 0 atom stereocenters. The van der Waals surface area contributed by atoms with Gasteiger partial charge in [-0.3, -0.25) is 5.10 Å². The van der Waals surface area contributed by atoms with E-state index in [1.165, 1.54) is 12.1 Å². The number of H-pyrrole nitrogens is 1. The number of aromatic nitrogens is 2. The van der Waals surface area contributed by atoms with Gasteiger partial charge in [-0.2, -0.15) is 5.10 Å². The zero-order chi connectivity index (χ0) is 13.8. The van der Waals surface area contributed by atoms with Crippen molar-refractivity contribution in [1.29, 1.82) is 0 Å². The Bertz CT molecular complexity index is 623. The minimum absolute atomic E-state index is 0.306. The highest BCUT2D eigenvalue weighted by molar-refractivity contribution is 6.64. The number of rotatable bonds is 1. The van der Waals surface area contributed by atoms with Gasteiger partial charge in [0.1, 0.15) is 5.82 Å². The molecule has 2 aromatic rings. The number of nitrogens with one attached hydrogen (secondary N) is 1. The van der Waals surface area contributed by atoms with Gasteiger partial charge in [-0.25, -0.2) is 4.39 Å². The zero-order valence-corrected chi connectivity index (χ0v) is 11.5. The number of hydrogen-bond donors (Lipinski definition) is 1. The smallest absolute Gasteiger partial charge is 0.398 e. The van der Waals surface area contributed by atoms with Crippen LogP contribution >= 0.6 is 0 Å². The quantitative estimate of drug-likeness (QED) is 0.799. The van der Waals surface area contributed by atoms with Crippen LogP contribution in [0.5, 0.6) is 0 Å². The molecule has 0 aliphatic carbocycles. The molecule has 1 fully saturated rings. The summed E-state index contributed by atoms with van der Waals surface area (Å²) in [5.74, 6) is -0.306. The van der Waals surface area contributed by atoms with Gasteiger partial charge in [-0.05, 0) is 39.8 Å². The van der Waals surface area contributed by atoms with E-state index in [0.29, 0.717) is 5.52 Å². The topological polar surface area (TPSA) is 47.1 Å². The first kappa shape index (κ1) is 12.6. The third kappa shape index (κ3) is 1.86. The average molecular weight is 262 g/mol. The predicted molar refractivity (Wildman–Crippen MR) is 71.8 cm³/mol. The molecule has 19 heavy (non-hydrogen) atoms. The second-order valence-corrected chi connectivity index (χ2v) is 5.89. The van der Waals surface area contributed by atoms with E-state index in [1.54, 1.807) is 6.07 Å². The van der Waals surface area contributed by atoms with E-state index in [0.717, 1.165) is 11.0 Å². The molecule has 1 N–H and O–H groups in total. The molecule has 0 amide bonds. The molecule has 1 aromatic heterocycles. The first-order valence-corrected chi connectivity index (χ1v) is 6.29. The van der Waals surface area contributed by atoms with Gasteiger partial charge in [0.2, 0.25) is 0 Å². The Balaban J connectivity index is 2.03. The van der Waals surface area contributed by atoms with Gasteiger partial charge >= 0.3 is 7.12 Å². The number of nitrogens with zero attached hydrogens (tertiary/aromatic N) is 1. The largest absolute Gasteiger partial charge is 0.514 e. The van der Waals surface area contributed by atoms with Crippen molar-refractivity contribution in [2.75, 3.05) is 0 Å². The van der Waals surface area contributed by atoms with E-state index < -0.39 is 18.3 Å². The van der Waals surface area contributed by atoms with Crippen LogP contribution in [0.1, 0.15) is 27.7 Å². The van der Waals surface area contributed by atoms with Crippen LogP contribution in [0.4, 0.5) is 4.39 Å². The number of fused-ring (bicyclic) bond motifs is 1. The number of halogens is 1. The lowest BCUT2D eigenvalue weighted by atomic mass is 9.82. The van der Waals surface area contributed by atoms with E-state index in [1.807, 2.05) is 27.7 Å². The van der Waals surface area contributed by atoms with Crippen molar-refractivity contribution in [2.45, 2.75) is 38.9 Å². The first-order chi connectivity index (χ1) is 8.80. The summed E-state index contributed by atoms with van der Waals surface area (Å²) in [4.78, 5) is 0. The van der Waals surface area contributed by atoms with Crippen molar-refractivity contribution >= 4 is 23.6 Å². The molecule has 100 valence electrons. The highest BCUT2D eigenvalue weighted by Gasteiger charge is 2.52. The second-order valence-electron chi connectivity index (χ2n) is 5.89. The molecule has 0 radical (unpaired) electrons. The highest BCUT2D eigenvalue weighted by Crippen LogP contribution is 2.36. The Labute approximate surface area is 111 Å². The maximum Gasteiger partial charge on any atom is 0.514 e. The molecule has 1 aliphatic rings. The fourth-order valence-electron chi connectivity index (χ4n) is 2.15. The van der Waals surface area contributed by atoms with Gasteiger partial charge in [0, 0.05) is 11.5 Å². The van der Waals surface area contributed by atoms with Crippen LogP contribution in [-0.2, 0) is 9.31 Å². The minimum atomic E-state index is -0.513. The maximum atomic E-state index is 13.2. The molecule has 0 unspecified atom stereocenters. The summed E-state index contributed by atoms with van der Waals surface area (Å²) in [7, 11) is -0.513. The molecule has 3 rings (SSSR count). The number of hydrogen-bond acceptors (Lipinski definition) is 3.